The lowest BCUT2D eigenvalue weighted by atomic mass is 10.0. The van der Waals surface area contributed by atoms with Gasteiger partial charge in [-0.3, -0.25) is 4.79 Å². The lowest BCUT2D eigenvalue weighted by Gasteiger charge is -2.35. The summed E-state index contributed by atoms with van der Waals surface area (Å²) < 4.78 is 0. The van der Waals surface area contributed by atoms with Crippen molar-refractivity contribution < 1.29 is 9.59 Å². The van der Waals surface area contributed by atoms with Crippen LogP contribution in [0.25, 0.3) is 0 Å². The number of anilines is 1. The molecule has 0 aromatic heterocycles. The van der Waals surface area contributed by atoms with E-state index in [9.17, 15) is 9.59 Å². The molecule has 130 valence electrons. The van der Waals surface area contributed by atoms with E-state index in [1.165, 1.54) is 0 Å². The molecule has 0 spiro atoms. The predicted octanol–water partition coefficient (Wildman–Crippen LogP) is 1.53. The van der Waals surface area contributed by atoms with Crippen molar-refractivity contribution in [3.05, 3.63) is 30.3 Å². The van der Waals surface area contributed by atoms with E-state index < -0.39 is 0 Å². The van der Waals surface area contributed by atoms with Gasteiger partial charge in [0.15, 0.2) is 0 Å². The summed E-state index contributed by atoms with van der Waals surface area (Å²) in [6.07, 6.45) is 2.36. The van der Waals surface area contributed by atoms with Gasteiger partial charge in [-0.15, -0.1) is 0 Å². The van der Waals surface area contributed by atoms with Gasteiger partial charge in [-0.05, 0) is 45.1 Å². The van der Waals surface area contributed by atoms with Gasteiger partial charge in [0.25, 0.3) is 0 Å². The molecule has 0 saturated carbocycles. The molecular weight excluding hydrogens is 304 g/mol. The lowest BCUT2D eigenvalue weighted by Crippen LogP contribution is -2.50. The number of carbonyl (C=O) groups is 2. The Morgan fingerprint density at radius 2 is 1.88 bits per heavy atom. The smallest absolute Gasteiger partial charge is 0.317 e. The Morgan fingerprint density at radius 1 is 1.21 bits per heavy atom. The summed E-state index contributed by atoms with van der Waals surface area (Å²) in [7, 11) is 3.97. The molecule has 0 aliphatic carbocycles. The Balaban J connectivity index is 1.54. The van der Waals surface area contributed by atoms with Crippen LogP contribution in [-0.4, -0.2) is 67.6 Å². The Labute approximate surface area is 143 Å². The van der Waals surface area contributed by atoms with Crippen molar-refractivity contribution in [3.63, 3.8) is 0 Å². The van der Waals surface area contributed by atoms with Crippen LogP contribution in [0.1, 0.15) is 19.3 Å². The number of amides is 3. The number of carbonyl (C=O) groups excluding carboxylic acids is 2. The van der Waals surface area contributed by atoms with Crippen LogP contribution in [-0.2, 0) is 4.79 Å². The maximum absolute atomic E-state index is 12.5. The van der Waals surface area contributed by atoms with Crippen LogP contribution in [0.2, 0.25) is 0 Å². The molecule has 3 rings (SSSR count). The standard InChI is InChI=1S/C18H26N4O2/c1-20-10-8-15(9-11-20)21(2)18(24)19-14-12-17(23)22(13-14)16-6-4-3-5-7-16/h3-7,14-15H,8-13H2,1-2H3,(H,19,24)/t14-/m1/s1. The maximum atomic E-state index is 12.5. The fourth-order valence-corrected chi connectivity index (χ4v) is 3.49. The molecule has 24 heavy (non-hydrogen) atoms. The summed E-state index contributed by atoms with van der Waals surface area (Å²) in [5, 5.41) is 3.03. The van der Waals surface area contributed by atoms with Gasteiger partial charge in [0, 0.05) is 31.7 Å². The third-order valence-corrected chi connectivity index (χ3v) is 5.08. The molecule has 1 atom stereocenters. The zero-order chi connectivity index (χ0) is 17.1. The molecule has 6 heteroatoms. The van der Waals surface area contributed by atoms with Gasteiger partial charge in [-0.25, -0.2) is 4.79 Å². The van der Waals surface area contributed by atoms with Crippen LogP contribution in [0.3, 0.4) is 0 Å². The van der Waals surface area contributed by atoms with E-state index in [0.717, 1.165) is 31.6 Å². The average molecular weight is 330 g/mol. The van der Waals surface area contributed by atoms with Crippen molar-refractivity contribution in [3.8, 4) is 0 Å². The van der Waals surface area contributed by atoms with E-state index >= 15 is 0 Å². The van der Waals surface area contributed by atoms with Gasteiger partial charge in [-0.1, -0.05) is 18.2 Å². The number of hydrogen-bond donors (Lipinski definition) is 1. The number of hydrogen-bond acceptors (Lipinski definition) is 3. The van der Waals surface area contributed by atoms with Gasteiger partial charge >= 0.3 is 6.03 Å². The summed E-state index contributed by atoms with van der Waals surface area (Å²) in [6, 6.07) is 9.70. The third kappa shape index (κ3) is 3.70. The molecular formula is C18H26N4O2. The fourth-order valence-electron chi connectivity index (χ4n) is 3.49. The first-order valence-electron chi connectivity index (χ1n) is 8.62. The number of piperidine rings is 1. The van der Waals surface area contributed by atoms with Gasteiger partial charge < -0.3 is 20.0 Å². The summed E-state index contributed by atoms with van der Waals surface area (Å²) in [5.41, 5.74) is 0.892. The lowest BCUT2D eigenvalue weighted by molar-refractivity contribution is -0.117. The Bertz CT molecular complexity index is 584. The molecule has 1 aromatic rings. The van der Waals surface area contributed by atoms with Crippen molar-refractivity contribution in [1.29, 1.82) is 0 Å². The zero-order valence-electron chi connectivity index (χ0n) is 14.4. The monoisotopic (exact) mass is 330 g/mol. The topological polar surface area (TPSA) is 55.9 Å². The summed E-state index contributed by atoms with van der Waals surface area (Å²) >= 11 is 0. The number of rotatable bonds is 3. The van der Waals surface area contributed by atoms with Crippen LogP contribution < -0.4 is 10.2 Å². The number of urea groups is 1. The molecule has 0 unspecified atom stereocenters. The van der Waals surface area contributed by atoms with Gasteiger partial charge in [-0.2, -0.15) is 0 Å². The number of nitrogens with one attached hydrogen (secondary N) is 1. The second-order valence-electron chi connectivity index (χ2n) is 6.84. The van der Waals surface area contributed by atoms with Crippen molar-refractivity contribution >= 4 is 17.6 Å². The van der Waals surface area contributed by atoms with Crippen LogP contribution >= 0.6 is 0 Å². The van der Waals surface area contributed by atoms with Gasteiger partial charge in [0.2, 0.25) is 5.91 Å². The van der Waals surface area contributed by atoms with Crippen LogP contribution in [0.15, 0.2) is 30.3 Å². The molecule has 1 N–H and O–H groups in total. The molecule has 2 heterocycles. The summed E-state index contributed by atoms with van der Waals surface area (Å²) in [4.78, 5) is 30.6. The number of para-hydroxylation sites is 1. The largest absolute Gasteiger partial charge is 0.333 e. The second kappa shape index (κ2) is 7.21. The molecule has 2 aliphatic rings. The summed E-state index contributed by atoms with van der Waals surface area (Å²) in [6.45, 7) is 2.58. The highest BCUT2D eigenvalue weighted by Gasteiger charge is 2.33. The minimum Gasteiger partial charge on any atom is -0.333 e. The summed E-state index contributed by atoms with van der Waals surface area (Å²) in [5.74, 6) is 0.0634. The fraction of sp³-hybridized carbons (Fsp3) is 0.556. The molecule has 2 aliphatic heterocycles. The van der Waals surface area contributed by atoms with E-state index in [-0.39, 0.29) is 24.0 Å². The Hall–Kier alpha value is -2.08. The predicted molar refractivity (Wildman–Crippen MR) is 94.0 cm³/mol. The van der Waals surface area contributed by atoms with Crippen molar-refractivity contribution in [1.82, 2.24) is 15.1 Å². The number of nitrogens with zero attached hydrogens (tertiary/aromatic N) is 3. The van der Waals surface area contributed by atoms with E-state index in [1.54, 1.807) is 4.90 Å². The quantitative estimate of drug-likeness (QED) is 0.914. The van der Waals surface area contributed by atoms with E-state index in [4.69, 9.17) is 0 Å². The maximum Gasteiger partial charge on any atom is 0.317 e. The zero-order valence-corrected chi connectivity index (χ0v) is 14.4. The number of likely N-dealkylation sites (tertiary alicyclic amines) is 1. The minimum atomic E-state index is -0.126. The first-order valence-corrected chi connectivity index (χ1v) is 8.62. The van der Waals surface area contributed by atoms with Gasteiger partial charge in [0.05, 0.1) is 6.04 Å². The first-order chi connectivity index (χ1) is 11.5. The van der Waals surface area contributed by atoms with E-state index in [1.807, 2.05) is 42.3 Å². The van der Waals surface area contributed by atoms with Crippen LogP contribution in [0, 0.1) is 0 Å². The molecule has 2 fully saturated rings. The Morgan fingerprint density at radius 3 is 2.54 bits per heavy atom. The molecule has 6 nitrogen and oxygen atoms in total. The Kier molecular flexibility index (Phi) is 5.04. The normalized spacial score (nSPS) is 22.7. The highest BCUT2D eigenvalue weighted by Crippen LogP contribution is 2.21. The molecule has 0 radical (unpaired) electrons. The SMILES string of the molecule is CN1CCC(N(C)C(=O)N[C@@H]2CC(=O)N(c3ccccc3)C2)CC1. The van der Waals surface area contributed by atoms with Crippen molar-refractivity contribution in [2.45, 2.75) is 31.3 Å². The average Bonchev–Trinajstić information content (AvgIpc) is 2.96. The van der Waals surface area contributed by atoms with Gasteiger partial charge in [0.1, 0.15) is 0 Å². The van der Waals surface area contributed by atoms with E-state index in [2.05, 4.69) is 17.3 Å². The molecule has 1 aromatic carbocycles. The molecule has 2 saturated heterocycles. The van der Waals surface area contributed by atoms with Crippen molar-refractivity contribution in [2.24, 2.45) is 0 Å². The van der Waals surface area contributed by atoms with Crippen molar-refractivity contribution in [2.75, 3.05) is 38.6 Å². The highest BCUT2D eigenvalue weighted by molar-refractivity contribution is 5.96. The molecule has 0 bridgehead atoms. The van der Waals surface area contributed by atoms with Crippen LogP contribution in [0.4, 0.5) is 10.5 Å². The molecule has 3 amide bonds. The van der Waals surface area contributed by atoms with E-state index in [0.29, 0.717) is 13.0 Å². The van der Waals surface area contributed by atoms with Crippen LogP contribution in [0.5, 0.6) is 0 Å². The highest BCUT2D eigenvalue weighted by atomic mass is 16.2. The minimum absolute atomic E-state index is 0.0634. The third-order valence-electron chi connectivity index (χ3n) is 5.08. The first kappa shape index (κ1) is 16.8. The second-order valence-corrected chi connectivity index (χ2v) is 6.84. The number of benzene rings is 1.